The molecular weight excluding hydrogens is 336 g/mol. The second kappa shape index (κ2) is 8.78. The molecule has 1 fully saturated rings. The Kier molecular flexibility index (Phi) is 6.73. The van der Waals surface area contributed by atoms with Gasteiger partial charge < -0.3 is 10.2 Å². The molecule has 2 rings (SSSR count). The smallest absolute Gasteiger partial charge is 0.255 e. The van der Waals surface area contributed by atoms with E-state index in [1.165, 1.54) is 18.0 Å². The molecule has 1 N–H and O–H groups in total. The Bertz CT molecular complexity index is 614. The minimum absolute atomic E-state index is 0.159. The molecule has 0 saturated carbocycles. The molecule has 0 unspecified atom stereocenters. The van der Waals surface area contributed by atoms with Crippen molar-refractivity contribution in [2.24, 2.45) is 5.92 Å². The molecule has 1 saturated heterocycles. The first-order valence-corrected chi connectivity index (χ1v) is 8.87. The number of amides is 1. The van der Waals surface area contributed by atoms with Gasteiger partial charge >= 0.3 is 0 Å². The molecule has 9 heteroatoms. The summed E-state index contributed by atoms with van der Waals surface area (Å²) in [5, 5.41) is 12.1. The summed E-state index contributed by atoms with van der Waals surface area (Å²) in [4.78, 5) is 22.2. The molecule has 1 aliphatic heterocycles. The highest BCUT2D eigenvalue weighted by Crippen LogP contribution is 2.27. The minimum atomic E-state index is -2.52. The Hall–Kier alpha value is -1.95. The van der Waals surface area contributed by atoms with Crippen LogP contribution in [0.1, 0.15) is 24.8 Å². The van der Waals surface area contributed by atoms with Crippen LogP contribution in [0.15, 0.2) is 11.4 Å². The maximum absolute atomic E-state index is 12.1. The van der Waals surface area contributed by atoms with Crippen molar-refractivity contribution in [2.45, 2.75) is 30.8 Å². The Morgan fingerprint density at radius 1 is 1.54 bits per heavy atom. The number of nitrogens with zero attached hydrogens (tertiary/aromatic N) is 4. The van der Waals surface area contributed by atoms with E-state index in [4.69, 9.17) is 0 Å². The molecule has 1 amide bonds. The second-order valence-corrected chi connectivity index (χ2v) is 6.31. The number of carbonyl (C=O) groups excluding carboxylic acids is 1. The minimum Gasteiger partial charge on any atom is -0.355 e. The van der Waals surface area contributed by atoms with Crippen LogP contribution >= 0.6 is 11.8 Å². The number of hydrogen-bond acceptors (Lipinski definition) is 6. The van der Waals surface area contributed by atoms with E-state index in [0.29, 0.717) is 29.6 Å². The molecule has 0 atom stereocenters. The highest BCUT2D eigenvalue weighted by molar-refractivity contribution is 7.98. The Morgan fingerprint density at radius 2 is 2.25 bits per heavy atom. The number of nitrogens with one attached hydrogen (secondary N) is 1. The second-order valence-electron chi connectivity index (χ2n) is 5.54. The van der Waals surface area contributed by atoms with Crippen molar-refractivity contribution in [2.75, 3.05) is 30.8 Å². The predicted molar refractivity (Wildman–Crippen MR) is 87.1 cm³/mol. The van der Waals surface area contributed by atoms with Crippen molar-refractivity contribution < 1.29 is 13.6 Å². The molecule has 130 valence electrons. The van der Waals surface area contributed by atoms with Crippen molar-refractivity contribution in [3.8, 4) is 6.07 Å². The number of hydrogen-bond donors (Lipinski definition) is 1. The Labute approximate surface area is 143 Å². The van der Waals surface area contributed by atoms with Gasteiger partial charge in [0.25, 0.3) is 6.43 Å². The summed E-state index contributed by atoms with van der Waals surface area (Å²) in [5.41, 5.74) is 0.431. The lowest BCUT2D eigenvalue weighted by Crippen LogP contribution is -2.37. The number of carbonyl (C=O) groups is 1. The number of thioether (sulfide) groups is 1. The summed E-state index contributed by atoms with van der Waals surface area (Å²) in [6.07, 6.45) is 2.64. The molecule has 0 spiro atoms. The van der Waals surface area contributed by atoms with Crippen molar-refractivity contribution in [3.05, 3.63) is 11.8 Å². The third-order valence-electron chi connectivity index (χ3n) is 3.89. The number of alkyl halides is 2. The number of anilines is 1. The van der Waals surface area contributed by atoms with Crippen LogP contribution in [0.4, 0.5) is 14.6 Å². The van der Waals surface area contributed by atoms with Crippen LogP contribution in [-0.2, 0) is 4.79 Å². The first kappa shape index (κ1) is 18.4. The van der Waals surface area contributed by atoms with Crippen LogP contribution in [0.3, 0.4) is 0 Å². The predicted octanol–water partition coefficient (Wildman–Crippen LogP) is 2.06. The van der Waals surface area contributed by atoms with Gasteiger partial charge in [0, 0.05) is 19.5 Å². The van der Waals surface area contributed by atoms with Crippen LogP contribution in [0.25, 0.3) is 0 Å². The van der Waals surface area contributed by atoms with Gasteiger partial charge in [0.2, 0.25) is 5.91 Å². The van der Waals surface area contributed by atoms with E-state index in [1.54, 1.807) is 0 Å². The van der Waals surface area contributed by atoms with Crippen molar-refractivity contribution >= 4 is 23.5 Å². The standard InChI is InChI=1S/C15H19F2N5OS/c1-24-15-20-8-11(7-18)14(21-15)22-4-2-10(3-5-22)6-13(23)19-9-12(16)17/h8,10,12H,2-6,9H2,1H3,(H,19,23). The fourth-order valence-corrected chi connectivity index (χ4v) is 2.99. The zero-order chi connectivity index (χ0) is 17.5. The van der Waals surface area contributed by atoms with Crippen LogP contribution in [0.5, 0.6) is 0 Å². The number of nitriles is 1. The van der Waals surface area contributed by atoms with Gasteiger partial charge in [-0.15, -0.1) is 0 Å². The molecule has 0 radical (unpaired) electrons. The van der Waals surface area contributed by atoms with E-state index in [2.05, 4.69) is 21.4 Å². The number of piperidine rings is 1. The molecule has 0 aromatic carbocycles. The molecule has 6 nitrogen and oxygen atoms in total. The van der Waals surface area contributed by atoms with E-state index in [0.717, 1.165) is 12.8 Å². The topological polar surface area (TPSA) is 81.9 Å². The Balaban J connectivity index is 1.91. The summed E-state index contributed by atoms with van der Waals surface area (Å²) < 4.78 is 24.2. The maximum Gasteiger partial charge on any atom is 0.255 e. The normalized spacial score (nSPS) is 15.4. The monoisotopic (exact) mass is 355 g/mol. The number of aromatic nitrogens is 2. The summed E-state index contributed by atoms with van der Waals surface area (Å²) in [5.74, 6) is 0.446. The lowest BCUT2D eigenvalue weighted by atomic mass is 9.93. The van der Waals surface area contributed by atoms with Crippen molar-refractivity contribution in [1.29, 1.82) is 5.26 Å². The van der Waals surface area contributed by atoms with Gasteiger partial charge in [0.15, 0.2) is 11.0 Å². The molecule has 0 bridgehead atoms. The summed E-state index contributed by atoms with van der Waals surface area (Å²) in [7, 11) is 0. The molecular formula is C15H19F2N5OS. The van der Waals surface area contributed by atoms with E-state index in [9.17, 15) is 18.8 Å². The molecule has 24 heavy (non-hydrogen) atoms. The van der Waals surface area contributed by atoms with E-state index in [1.807, 2.05) is 11.2 Å². The van der Waals surface area contributed by atoms with Gasteiger partial charge in [-0.3, -0.25) is 4.79 Å². The van der Waals surface area contributed by atoms with Crippen LogP contribution in [0, 0.1) is 17.2 Å². The summed E-state index contributed by atoms with van der Waals surface area (Å²) in [6.45, 7) is 0.750. The van der Waals surface area contributed by atoms with Crippen LogP contribution < -0.4 is 10.2 Å². The van der Waals surface area contributed by atoms with E-state index in [-0.39, 0.29) is 18.2 Å². The lowest BCUT2D eigenvalue weighted by Gasteiger charge is -2.33. The van der Waals surface area contributed by atoms with Crippen LogP contribution in [-0.4, -0.2) is 48.2 Å². The van der Waals surface area contributed by atoms with Crippen LogP contribution in [0.2, 0.25) is 0 Å². The Morgan fingerprint density at radius 3 is 2.83 bits per heavy atom. The highest BCUT2D eigenvalue weighted by Gasteiger charge is 2.24. The SMILES string of the molecule is CSc1ncc(C#N)c(N2CCC(CC(=O)NCC(F)F)CC2)n1. The molecule has 1 aromatic heterocycles. The highest BCUT2D eigenvalue weighted by atomic mass is 32.2. The average molecular weight is 355 g/mol. The van der Waals surface area contributed by atoms with Gasteiger partial charge in [-0.05, 0) is 25.0 Å². The van der Waals surface area contributed by atoms with Crippen molar-refractivity contribution in [1.82, 2.24) is 15.3 Å². The molecule has 0 aliphatic carbocycles. The third-order valence-corrected chi connectivity index (χ3v) is 4.45. The molecule has 1 aliphatic rings. The van der Waals surface area contributed by atoms with Gasteiger partial charge in [0.1, 0.15) is 11.6 Å². The van der Waals surface area contributed by atoms with Gasteiger partial charge in [-0.1, -0.05) is 11.8 Å². The van der Waals surface area contributed by atoms with E-state index < -0.39 is 13.0 Å². The number of halogens is 2. The zero-order valence-corrected chi connectivity index (χ0v) is 14.2. The average Bonchev–Trinajstić information content (AvgIpc) is 2.60. The van der Waals surface area contributed by atoms with E-state index >= 15 is 0 Å². The first-order chi connectivity index (χ1) is 11.5. The largest absolute Gasteiger partial charge is 0.355 e. The third kappa shape index (κ3) is 5.03. The maximum atomic E-state index is 12.1. The van der Waals surface area contributed by atoms with Gasteiger partial charge in [0.05, 0.1) is 12.7 Å². The summed E-state index contributed by atoms with van der Waals surface area (Å²) >= 11 is 1.41. The fourth-order valence-electron chi connectivity index (χ4n) is 2.65. The molecule has 1 aromatic rings. The number of rotatable bonds is 6. The summed E-state index contributed by atoms with van der Waals surface area (Å²) in [6, 6.07) is 2.10. The lowest BCUT2D eigenvalue weighted by molar-refractivity contribution is -0.122. The molecule has 2 heterocycles. The quantitative estimate of drug-likeness (QED) is 0.621. The first-order valence-electron chi connectivity index (χ1n) is 7.64. The zero-order valence-electron chi connectivity index (χ0n) is 13.3. The fraction of sp³-hybridized carbons (Fsp3) is 0.600. The van der Waals surface area contributed by atoms with Gasteiger partial charge in [-0.2, -0.15) is 5.26 Å². The van der Waals surface area contributed by atoms with Crippen molar-refractivity contribution in [3.63, 3.8) is 0 Å². The van der Waals surface area contributed by atoms with Gasteiger partial charge in [-0.25, -0.2) is 18.7 Å².